The highest BCUT2D eigenvalue weighted by molar-refractivity contribution is 5.19. The summed E-state index contributed by atoms with van der Waals surface area (Å²) in [5, 5.41) is 13.4. The quantitative estimate of drug-likeness (QED) is 0.850. The molecule has 2 N–H and O–H groups in total. The van der Waals surface area contributed by atoms with E-state index in [0.717, 1.165) is 6.42 Å². The third-order valence-electron chi connectivity index (χ3n) is 4.36. The maximum Gasteiger partial charge on any atom is 0.0474 e. The molecule has 1 fully saturated rings. The lowest BCUT2D eigenvalue weighted by Crippen LogP contribution is -2.43. The van der Waals surface area contributed by atoms with Gasteiger partial charge in [0.25, 0.3) is 0 Å². The Morgan fingerprint density at radius 3 is 2.47 bits per heavy atom. The first-order valence-electron chi connectivity index (χ1n) is 7.64. The Hall–Kier alpha value is -0.860. The van der Waals surface area contributed by atoms with Gasteiger partial charge in [0.05, 0.1) is 0 Å². The zero-order valence-electron chi connectivity index (χ0n) is 12.2. The maximum atomic E-state index is 9.54. The van der Waals surface area contributed by atoms with Crippen molar-refractivity contribution in [2.24, 2.45) is 11.8 Å². The van der Waals surface area contributed by atoms with Gasteiger partial charge in [-0.15, -0.1) is 0 Å². The minimum Gasteiger partial charge on any atom is -0.396 e. The van der Waals surface area contributed by atoms with E-state index in [9.17, 15) is 5.11 Å². The summed E-state index contributed by atoms with van der Waals surface area (Å²) in [5.74, 6) is 0.988. The van der Waals surface area contributed by atoms with Gasteiger partial charge in [-0.05, 0) is 30.2 Å². The first-order valence-corrected chi connectivity index (χ1v) is 7.64. The summed E-state index contributed by atoms with van der Waals surface area (Å²) in [6.45, 7) is 4.85. The van der Waals surface area contributed by atoms with E-state index in [1.54, 1.807) is 0 Å². The van der Waals surface area contributed by atoms with Gasteiger partial charge in [-0.3, -0.25) is 0 Å². The second-order valence-corrected chi connectivity index (χ2v) is 6.13. The lowest BCUT2D eigenvalue weighted by atomic mass is 9.83. The van der Waals surface area contributed by atoms with Gasteiger partial charge in [0.2, 0.25) is 0 Å². The van der Waals surface area contributed by atoms with E-state index in [0.29, 0.717) is 30.5 Å². The molecule has 0 amide bonds. The standard InChI is InChI=1S/C17H27NO/c1-13(2)17(14-8-4-3-5-9-14)18-16-11-7-6-10-15(16)12-19/h3-5,8-9,13,15-19H,6-7,10-12H2,1-2H3. The van der Waals surface area contributed by atoms with Gasteiger partial charge in [-0.2, -0.15) is 0 Å². The molecule has 106 valence electrons. The Morgan fingerprint density at radius 2 is 1.84 bits per heavy atom. The van der Waals surface area contributed by atoms with Crippen LogP contribution >= 0.6 is 0 Å². The molecule has 1 aromatic carbocycles. The normalized spacial score (nSPS) is 25.5. The molecule has 3 unspecified atom stereocenters. The van der Waals surface area contributed by atoms with Crippen LogP contribution in [0.25, 0.3) is 0 Å². The van der Waals surface area contributed by atoms with Crippen molar-refractivity contribution in [2.75, 3.05) is 6.61 Å². The molecule has 19 heavy (non-hydrogen) atoms. The van der Waals surface area contributed by atoms with E-state index in [2.05, 4.69) is 49.5 Å². The summed E-state index contributed by atoms with van der Waals surface area (Å²) in [6.07, 6.45) is 4.91. The van der Waals surface area contributed by atoms with Gasteiger partial charge >= 0.3 is 0 Å². The monoisotopic (exact) mass is 261 g/mol. The topological polar surface area (TPSA) is 32.3 Å². The largest absolute Gasteiger partial charge is 0.396 e. The molecule has 0 radical (unpaired) electrons. The van der Waals surface area contributed by atoms with Crippen molar-refractivity contribution >= 4 is 0 Å². The van der Waals surface area contributed by atoms with Crippen LogP contribution in [0.3, 0.4) is 0 Å². The van der Waals surface area contributed by atoms with Crippen molar-refractivity contribution in [3.63, 3.8) is 0 Å². The van der Waals surface area contributed by atoms with Gasteiger partial charge in [0, 0.05) is 18.7 Å². The van der Waals surface area contributed by atoms with Crippen LogP contribution < -0.4 is 5.32 Å². The summed E-state index contributed by atoms with van der Waals surface area (Å²) in [5.41, 5.74) is 1.36. The molecule has 1 aliphatic rings. The van der Waals surface area contributed by atoms with Crippen molar-refractivity contribution in [1.29, 1.82) is 0 Å². The molecule has 3 atom stereocenters. The molecular formula is C17H27NO. The lowest BCUT2D eigenvalue weighted by Gasteiger charge is -2.36. The molecule has 1 aliphatic carbocycles. The van der Waals surface area contributed by atoms with E-state index in [1.165, 1.54) is 24.8 Å². The molecule has 0 saturated heterocycles. The molecular weight excluding hydrogens is 234 g/mol. The van der Waals surface area contributed by atoms with Crippen LogP contribution in [-0.2, 0) is 0 Å². The fourth-order valence-electron chi connectivity index (χ4n) is 3.21. The number of hydrogen-bond acceptors (Lipinski definition) is 2. The average molecular weight is 261 g/mol. The highest BCUT2D eigenvalue weighted by Crippen LogP contribution is 2.29. The predicted molar refractivity (Wildman–Crippen MR) is 80.0 cm³/mol. The van der Waals surface area contributed by atoms with Gasteiger partial charge in [-0.25, -0.2) is 0 Å². The number of rotatable bonds is 5. The number of aliphatic hydroxyl groups is 1. The third-order valence-corrected chi connectivity index (χ3v) is 4.36. The highest BCUT2D eigenvalue weighted by Gasteiger charge is 2.28. The number of aliphatic hydroxyl groups excluding tert-OH is 1. The van der Waals surface area contributed by atoms with Gasteiger partial charge in [0.15, 0.2) is 0 Å². The Bertz CT molecular complexity index is 363. The molecule has 0 aromatic heterocycles. The minimum absolute atomic E-state index is 0.317. The summed E-state index contributed by atoms with van der Waals surface area (Å²) in [4.78, 5) is 0. The van der Waals surface area contributed by atoms with E-state index in [1.807, 2.05) is 0 Å². The molecule has 0 aliphatic heterocycles. The van der Waals surface area contributed by atoms with Gasteiger partial charge < -0.3 is 10.4 Å². The molecule has 2 rings (SSSR count). The molecule has 2 heteroatoms. The lowest BCUT2D eigenvalue weighted by molar-refractivity contribution is 0.140. The van der Waals surface area contributed by atoms with Crippen molar-refractivity contribution in [1.82, 2.24) is 5.32 Å². The molecule has 0 heterocycles. The Balaban J connectivity index is 2.08. The summed E-state index contributed by atoms with van der Waals surface area (Å²) in [6, 6.07) is 11.5. The van der Waals surface area contributed by atoms with E-state index >= 15 is 0 Å². The second kappa shape index (κ2) is 7.06. The molecule has 0 spiro atoms. The number of hydrogen-bond donors (Lipinski definition) is 2. The summed E-state index contributed by atoms with van der Waals surface area (Å²) < 4.78 is 0. The minimum atomic E-state index is 0.317. The summed E-state index contributed by atoms with van der Waals surface area (Å²) in [7, 11) is 0. The fraction of sp³-hybridized carbons (Fsp3) is 0.647. The average Bonchev–Trinajstić information content (AvgIpc) is 2.45. The van der Waals surface area contributed by atoms with Crippen LogP contribution in [0.1, 0.15) is 51.1 Å². The van der Waals surface area contributed by atoms with E-state index < -0.39 is 0 Å². The maximum absolute atomic E-state index is 9.54. The zero-order chi connectivity index (χ0) is 13.7. The predicted octanol–water partition coefficient (Wildman–Crippen LogP) is 3.52. The Labute approximate surface area is 117 Å². The van der Waals surface area contributed by atoms with Crippen molar-refractivity contribution < 1.29 is 5.11 Å². The molecule has 1 aromatic rings. The van der Waals surface area contributed by atoms with Crippen LogP contribution in [0.5, 0.6) is 0 Å². The Morgan fingerprint density at radius 1 is 1.16 bits per heavy atom. The van der Waals surface area contributed by atoms with Crippen LogP contribution in [0.15, 0.2) is 30.3 Å². The number of benzene rings is 1. The third kappa shape index (κ3) is 3.80. The first kappa shape index (κ1) is 14.5. The molecule has 0 bridgehead atoms. The fourth-order valence-corrected chi connectivity index (χ4v) is 3.21. The van der Waals surface area contributed by atoms with Crippen molar-refractivity contribution in [3.8, 4) is 0 Å². The SMILES string of the molecule is CC(C)C(NC1CCCCC1CO)c1ccccc1. The van der Waals surface area contributed by atoms with Gasteiger partial charge in [0.1, 0.15) is 0 Å². The van der Waals surface area contributed by atoms with Crippen LogP contribution in [0.2, 0.25) is 0 Å². The van der Waals surface area contributed by atoms with E-state index in [4.69, 9.17) is 0 Å². The van der Waals surface area contributed by atoms with Crippen LogP contribution in [0, 0.1) is 11.8 Å². The summed E-state index contributed by atoms with van der Waals surface area (Å²) >= 11 is 0. The zero-order valence-corrected chi connectivity index (χ0v) is 12.2. The van der Waals surface area contributed by atoms with Gasteiger partial charge in [-0.1, -0.05) is 57.0 Å². The van der Waals surface area contributed by atoms with E-state index in [-0.39, 0.29) is 0 Å². The van der Waals surface area contributed by atoms with Crippen molar-refractivity contribution in [3.05, 3.63) is 35.9 Å². The van der Waals surface area contributed by atoms with Crippen LogP contribution in [-0.4, -0.2) is 17.8 Å². The smallest absolute Gasteiger partial charge is 0.0474 e. The highest BCUT2D eigenvalue weighted by atomic mass is 16.3. The van der Waals surface area contributed by atoms with Crippen LogP contribution in [0.4, 0.5) is 0 Å². The van der Waals surface area contributed by atoms with Crippen molar-refractivity contribution in [2.45, 2.75) is 51.6 Å². The molecule has 1 saturated carbocycles. The second-order valence-electron chi connectivity index (χ2n) is 6.13. The molecule has 2 nitrogen and oxygen atoms in total. The Kier molecular flexibility index (Phi) is 5.41. The first-order chi connectivity index (χ1) is 9.22. The number of nitrogens with one attached hydrogen (secondary N) is 1.